The van der Waals surface area contributed by atoms with Gasteiger partial charge in [0.2, 0.25) is 17.4 Å². The zero-order valence-corrected chi connectivity index (χ0v) is 15.4. The summed E-state index contributed by atoms with van der Waals surface area (Å²) in [6.45, 7) is 2.32. The Bertz CT molecular complexity index is 835. The minimum absolute atomic E-state index is 0.00777. The van der Waals surface area contributed by atoms with Gasteiger partial charge >= 0.3 is 5.82 Å². The highest BCUT2D eigenvalue weighted by molar-refractivity contribution is 5.76. The zero-order valence-electron chi connectivity index (χ0n) is 15.4. The molecule has 0 atom stereocenters. The summed E-state index contributed by atoms with van der Waals surface area (Å²) in [5.74, 6) is 1.32. The topological polar surface area (TPSA) is 84.0 Å². The molecule has 144 valence electrons. The number of anilines is 1. The molecule has 0 spiro atoms. The van der Waals surface area contributed by atoms with Crippen LogP contribution in [0.2, 0.25) is 0 Å². The predicted octanol–water partition coefficient (Wildman–Crippen LogP) is 2.86. The molecule has 2 aliphatic rings. The number of amides is 1. The van der Waals surface area contributed by atoms with Crippen LogP contribution in [-0.2, 0) is 4.79 Å². The van der Waals surface area contributed by atoms with E-state index in [1.807, 2.05) is 15.9 Å². The van der Waals surface area contributed by atoms with Gasteiger partial charge in [-0.15, -0.1) is 0 Å². The van der Waals surface area contributed by atoms with Crippen LogP contribution in [0.1, 0.15) is 38.5 Å². The van der Waals surface area contributed by atoms with Crippen molar-refractivity contribution in [2.75, 3.05) is 31.1 Å². The van der Waals surface area contributed by atoms with Gasteiger partial charge in [-0.1, -0.05) is 31.7 Å². The molecular weight excluding hydrogens is 346 g/mol. The number of hydrogen-bond acceptors (Lipinski definition) is 5. The van der Waals surface area contributed by atoms with Gasteiger partial charge in [-0.2, -0.15) is 9.38 Å². The first kappa shape index (κ1) is 17.8. The predicted molar refractivity (Wildman–Crippen MR) is 102 cm³/mol. The Morgan fingerprint density at radius 3 is 2.63 bits per heavy atom. The van der Waals surface area contributed by atoms with Crippen LogP contribution in [0.15, 0.2) is 24.4 Å². The summed E-state index contributed by atoms with van der Waals surface area (Å²) >= 11 is 0. The first-order valence-electron chi connectivity index (χ1n) is 9.77. The van der Waals surface area contributed by atoms with Crippen molar-refractivity contribution < 1.29 is 9.72 Å². The summed E-state index contributed by atoms with van der Waals surface area (Å²) < 4.78 is 1.51. The largest absolute Gasteiger partial charge is 0.372 e. The number of hydrogen-bond donors (Lipinski definition) is 0. The molecule has 1 amide bonds. The minimum Gasteiger partial charge on any atom is -0.358 e. The van der Waals surface area contributed by atoms with E-state index in [-0.39, 0.29) is 16.6 Å². The fraction of sp³-hybridized carbons (Fsp3) is 0.579. The molecule has 0 unspecified atom stereocenters. The molecule has 27 heavy (non-hydrogen) atoms. The highest BCUT2D eigenvalue weighted by Gasteiger charge is 2.30. The lowest BCUT2D eigenvalue weighted by Crippen LogP contribution is -2.49. The average molecular weight is 371 g/mol. The van der Waals surface area contributed by atoms with Crippen molar-refractivity contribution in [2.24, 2.45) is 5.92 Å². The molecule has 1 saturated carbocycles. The van der Waals surface area contributed by atoms with Gasteiger partial charge in [0.25, 0.3) is 0 Å². The number of aromatic nitrogens is 2. The van der Waals surface area contributed by atoms with Crippen LogP contribution in [0.5, 0.6) is 0 Å². The number of nitro groups is 1. The van der Waals surface area contributed by atoms with Gasteiger partial charge in [-0.25, -0.2) is 0 Å². The maximum Gasteiger partial charge on any atom is 0.372 e. The lowest BCUT2D eigenvalue weighted by molar-refractivity contribution is -0.389. The van der Waals surface area contributed by atoms with E-state index >= 15 is 0 Å². The molecule has 8 heteroatoms. The number of piperazine rings is 1. The summed E-state index contributed by atoms with van der Waals surface area (Å²) in [6, 6.07) is 5.34. The highest BCUT2D eigenvalue weighted by atomic mass is 16.6. The second kappa shape index (κ2) is 7.54. The number of imidazole rings is 1. The van der Waals surface area contributed by atoms with E-state index in [9.17, 15) is 14.9 Å². The molecule has 1 saturated heterocycles. The Kier molecular flexibility index (Phi) is 4.96. The van der Waals surface area contributed by atoms with Gasteiger partial charge < -0.3 is 19.9 Å². The van der Waals surface area contributed by atoms with Crippen molar-refractivity contribution in [1.29, 1.82) is 0 Å². The van der Waals surface area contributed by atoms with Gasteiger partial charge in [0.15, 0.2) is 0 Å². The monoisotopic (exact) mass is 371 g/mol. The second-order valence-electron chi connectivity index (χ2n) is 7.50. The van der Waals surface area contributed by atoms with Crippen LogP contribution in [0.3, 0.4) is 0 Å². The normalized spacial score (nSPS) is 18.4. The van der Waals surface area contributed by atoms with Gasteiger partial charge in [-0.05, 0) is 23.3 Å². The summed E-state index contributed by atoms with van der Waals surface area (Å²) in [5, 5.41) is 11.6. The molecule has 2 aromatic rings. The molecule has 0 aromatic carbocycles. The zero-order chi connectivity index (χ0) is 18.8. The third-order valence-electron chi connectivity index (χ3n) is 5.83. The third kappa shape index (κ3) is 3.61. The van der Waals surface area contributed by atoms with Gasteiger partial charge in [0, 0.05) is 38.7 Å². The number of nitrogens with zero attached hydrogens (tertiary/aromatic N) is 5. The van der Waals surface area contributed by atoms with E-state index in [0.29, 0.717) is 44.1 Å². The van der Waals surface area contributed by atoms with E-state index in [0.717, 1.165) is 12.3 Å². The quantitative estimate of drug-likeness (QED) is 0.596. The Hall–Kier alpha value is -2.64. The summed E-state index contributed by atoms with van der Waals surface area (Å²) in [5.41, 5.74) is 0.564. The summed E-state index contributed by atoms with van der Waals surface area (Å²) in [7, 11) is 0. The molecule has 0 radical (unpaired) electrons. The Morgan fingerprint density at radius 2 is 1.93 bits per heavy atom. The maximum absolute atomic E-state index is 12.5. The Morgan fingerprint density at radius 1 is 1.19 bits per heavy atom. The standard InChI is InChI=1S/C19H25N5O3/c25-17(9-8-15-5-1-2-6-15)21-11-13-22(14-12-21)18-19(24(26)27)23-10-4-3-7-16(23)20-18/h3-4,7,10,15H,1-2,5-6,8-9,11-14H2. The van der Waals surface area contributed by atoms with Crippen LogP contribution >= 0.6 is 0 Å². The first-order valence-corrected chi connectivity index (χ1v) is 9.77. The molecule has 0 bridgehead atoms. The van der Waals surface area contributed by atoms with Crippen molar-refractivity contribution in [1.82, 2.24) is 14.3 Å². The van der Waals surface area contributed by atoms with E-state index < -0.39 is 0 Å². The van der Waals surface area contributed by atoms with Crippen molar-refractivity contribution in [3.8, 4) is 0 Å². The van der Waals surface area contributed by atoms with Crippen molar-refractivity contribution in [3.05, 3.63) is 34.5 Å². The molecule has 2 aromatic heterocycles. The summed E-state index contributed by atoms with van der Waals surface area (Å²) in [6.07, 6.45) is 8.41. The number of carbonyl (C=O) groups excluding carboxylic acids is 1. The molecule has 2 fully saturated rings. The van der Waals surface area contributed by atoms with Crippen molar-refractivity contribution >= 4 is 23.2 Å². The smallest absolute Gasteiger partial charge is 0.358 e. The van der Waals surface area contributed by atoms with Crippen molar-refractivity contribution in [3.63, 3.8) is 0 Å². The number of pyridine rings is 1. The van der Waals surface area contributed by atoms with E-state index in [4.69, 9.17) is 0 Å². The van der Waals surface area contributed by atoms with Crippen LogP contribution in [0.25, 0.3) is 5.65 Å². The lowest BCUT2D eigenvalue weighted by Gasteiger charge is -2.34. The van der Waals surface area contributed by atoms with Crippen molar-refractivity contribution in [2.45, 2.75) is 38.5 Å². The fourth-order valence-electron chi connectivity index (χ4n) is 4.30. The Balaban J connectivity index is 1.40. The molecule has 8 nitrogen and oxygen atoms in total. The number of fused-ring (bicyclic) bond motifs is 1. The lowest BCUT2D eigenvalue weighted by atomic mass is 10.0. The van der Waals surface area contributed by atoms with E-state index in [2.05, 4.69) is 4.98 Å². The SMILES string of the molecule is O=C(CCC1CCCC1)N1CCN(c2nc3ccccn3c2[N+](=O)[O-])CC1. The number of carbonyl (C=O) groups is 1. The van der Waals surface area contributed by atoms with Crippen LogP contribution < -0.4 is 4.90 Å². The molecular formula is C19H25N5O3. The van der Waals surface area contributed by atoms with Crippen LogP contribution in [-0.4, -0.2) is 51.3 Å². The maximum atomic E-state index is 12.5. The van der Waals surface area contributed by atoms with Gasteiger partial charge in [-0.3, -0.25) is 4.79 Å². The molecule has 0 N–H and O–H groups in total. The highest BCUT2D eigenvalue weighted by Crippen LogP contribution is 2.30. The average Bonchev–Trinajstić information content (AvgIpc) is 3.33. The molecule has 3 heterocycles. The fourth-order valence-corrected chi connectivity index (χ4v) is 4.30. The van der Waals surface area contributed by atoms with E-state index in [1.54, 1.807) is 18.3 Å². The minimum atomic E-state index is -0.380. The second-order valence-corrected chi connectivity index (χ2v) is 7.50. The Labute approximate surface area is 157 Å². The van der Waals surface area contributed by atoms with Crippen LogP contribution in [0.4, 0.5) is 11.6 Å². The summed E-state index contributed by atoms with van der Waals surface area (Å²) in [4.78, 5) is 32.0. The molecule has 1 aliphatic heterocycles. The van der Waals surface area contributed by atoms with Crippen LogP contribution in [0, 0.1) is 16.0 Å². The van der Waals surface area contributed by atoms with E-state index in [1.165, 1.54) is 30.1 Å². The molecule has 1 aliphatic carbocycles. The third-order valence-corrected chi connectivity index (χ3v) is 5.83. The number of rotatable bonds is 5. The van der Waals surface area contributed by atoms with Gasteiger partial charge in [0.1, 0.15) is 0 Å². The first-order chi connectivity index (χ1) is 13.1. The molecule has 4 rings (SSSR count). The van der Waals surface area contributed by atoms with Gasteiger partial charge in [0.05, 0.1) is 6.20 Å².